The maximum Gasteiger partial charge on any atom is 0.248 e. The van der Waals surface area contributed by atoms with Crippen LogP contribution in [0.4, 0.5) is 14.5 Å². The van der Waals surface area contributed by atoms with Crippen molar-refractivity contribution in [2.75, 3.05) is 17.6 Å². The Morgan fingerprint density at radius 2 is 2.04 bits per heavy atom. The van der Waals surface area contributed by atoms with E-state index in [1.807, 2.05) is 32.9 Å². The molecule has 1 aliphatic rings. The van der Waals surface area contributed by atoms with Gasteiger partial charge in [0.2, 0.25) is 11.8 Å². The van der Waals surface area contributed by atoms with Crippen LogP contribution in [0.25, 0.3) is 6.08 Å². The average molecular weight is 374 g/mol. The van der Waals surface area contributed by atoms with Gasteiger partial charge in [0.05, 0.1) is 18.5 Å². The summed E-state index contributed by atoms with van der Waals surface area (Å²) in [6, 6.07) is 1.80. The van der Waals surface area contributed by atoms with Crippen molar-refractivity contribution in [3.63, 3.8) is 0 Å². The van der Waals surface area contributed by atoms with Crippen LogP contribution in [-0.2, 0) is 11.0 Å². The maximum absolute atomic E-state index is 13.2. The first-order valence-electron chi connectivity index (χ1n) is 8.68. The fraction of sp³-hybridized carbons (Fsp3) is 0.611. The van der Waals surface area contributed by atoms with Crippen LogP contribution in [0.15, 0.2) is 18.3 Å². The number of hydrogen-bond acceptors (Lipinski definition) is 3. The SMILES string of the molecule is CC.CCOc1ncc(NS(C)=O)cc1/C=C/C1CCC(F)(F)CC1. The number of halogens is 2. The molecule has 25 heavy (non-hydrogen) atoms. The molecule has 1 unspecified atom stereocenters. The van der Waals surface area contributed by atoms with Crippen molar-refractivity contribution in [3.8, 4) is 5.88 Å². The fourth-order valence-corrected chi connectivity index (χ4v) is 3.01. The van der Waals surface area contributed by atoms with Gasteiger partial charge < -0.3 is 9.46 Å². The van der Waals surface area contributed by atoms with Gasteiger partial charge in [-0.25, -0.2) is 18.0 Å². The topological polar surface area (TPSA) is 51.2 Å². The van der Waals surface area contributed by atoms with E-state index in [0.29, 0.717) is 31.0 Å². The molecule has 1 atom stereocenters. The van der Waals surface area contributed by atoms with E-state index >= 15 is 0 Å². The molecule has 2 rings (SSSR count). The van der Waals surface area contributed by atoms with Gasteiger partial charge >= 0.3 is 0 Å². The average Bonchev–Trinajstić information content (AvgIpc) is 2.57. The Kier molecular flexibility index (Phi) is 9.03. The molecule has 1 N–H and O–H groups in total. The lowest BCUT2D eigenvalue weighted by Gasteiger charge is -2.26. The molecule has 0 spiro atoms. The highest BCUT2D eigenvalue weighted by Crippen LogP contribution is 2.37. The molecular weight excluding hydrogens is 346 g/mol. The zero-order valence-electron chi connectivity index (χ0n) is 15.4. The van der Waals surface area contributed by atoms with Crippen LogP contribution >= 0.6 is 0 Å². The Balaban J connectivity index is 0.00000151. The highest BCUT2D eigenvalue weighted by atomic mass is 32.2. The van der Waals surface area contributed by atoms with E-state index in [1.54, 1.807) is 12.3 Å². The van der Waals surface area contributed by atoms with Gasteiger partial charge in [0.1, 0.15) is 11.0 Å². The minimum Gasteiger partial charge on any atom is -0.478 e. The Morgan fingerprint density at radius 1 is 1.40 bits per heavy atom. The number of rotatable bonds is 6. The minimum atomic E-state index is -2.52. The van der Waals surface area contributed by atoms with Gasteiger partial charge in [-0.05, 0) is 31.7 Å². The number of ether oxygens (including phenoxy) is 1. The molecule has 0 aliphatic heterocycles. The van der Waals surface area contributed by atoms with Crippen LogP contribution in [0, 0.1) is 5.92 Å². The number of hydrogen-bond donors (Lipinski definition) is 1. The second-order valence-corrected chi connectivity index (χ2v) is 6.77. The summed E-state index contributed by atoms with van der Waals surface area (Å²) in [7, 11) is -1.19. The van der Waals surface area contributed by atoms with Crippen LogP contribution in [0.5, 0.6) is 5.88 Å². The van der Waals surface area contributed by atoms with Gasteiger partial charge in [0.25, 0.3) is 0 Å². The highest BCUT2D eigenvalue weighted by Gasteiger charge is 2.33. The van der Waals surface area contributed by atoms with Crippen LogP contribution in [0.2, 0.25) is 0 Å². The number of allylic oxidation sites excluding steroid dienone is 1. The number of nitrogens with zero attached hydrogens (tertiary/aromatic N) is 1. The first-order valence-corrected chi connectivity index (χ1v) is 10.2. The monoisotopic (exact) mass is 374 g/mol. The number of nitrogens with one attached hydrogen (secondary N) is 1. The molecule has 0 amide bonds. The van der Waals surface area contributed by atoms with E-state index in [2.05, 4.69) is 9.71 Å². The number of pyridine rings is 1. The second kappa shape index (κ2) is 10.5. The Hall–Kier alpha value is -1.50. The normalized spacial score (nSPS) is 18.3. The molecule has 0 saturated heterocycles. The molecule has 142 valence electrons. The first kappa shape index (κ1) is 21.5. The minimum absolute atomic E-state index is 0.0605. The van der Waals surface area contributed by atoms with E-state index in [0.717, 1.165) is 5.56 Å². The number of anilines is 1. The third kappa shape index (κ3) is 7.50. The molecule has 0 radical (unpaired) electrons. The molecule has 1 heterocycles. The lowest BCUT2D eigenvalue weighted by Crippen LogP contribution is -2.23. The van der Waals surface area contributed by atoms with Crippen molar-refractivity contribution < 1.29 is 17.7 Å². The van der Waals surface area contributed by atoms with Crippen LogP contribution in [-0.4, -0.2) is 28.0 Å². The quantitative estimate of drug-likeness (QED) is 0.758. The predicted octanol–water partition coefficient (Wildman–Crippen LogP) is 5.05. The largest absolute Gasteiger partial charge is 0.478 e. The van der Waals surface area contributed by atoms with E-state index in [9.17, 15) is 13.0 Å². The smallest absolute Gasteiger partial charge is 0.248 e. The van der Waals surface area contributed by atoms with Crippen LogP contribution in [0.1, 0.15) is 52.0 Å². The number of aromatic nitrogens is 1. The molecular formula is C18H28F2N2O2S. The van der Waals surface area contributed by atoms with Crippen molar-refractivity contribution in [2.45, 2.75) is 52.4 Å². The standard InChI is InChI=1S/C16H22F2N2O2S.C2H6/c1-3-22-15-13(10-14(11-19-15)20-23(2)21)5-4-12-6-8-16(17,18)9-7-12;1-2/h4-5,10-12,20H,3,6-9H2,1-2H3;1-2H3/b5-4+;. The van der Waals surface area contributed by atoms with Gasteiger partial charge in [0, 0.05) is 24.7 Å². The van der Waals surface area contributed by atoms with Gasteiger partial charge in [0.15, 0.2) is 0 Å². The van der Waals surface area contributed by atoms with E-state index in [-0.39, 0.29) is 18.8 Å². The third-order valence-corrected chi connectivity index (χ3v) is 4.25. The Labute approximate surface area is 151 Å². The molecule has 1 fully saturated rings. The molecule has 0 aromatic carbocycles. The van der Waals surface area contributed by atoms with Gasteiger partial charge in [-0.1, -0.05) is 26.0 Å². The highest BCUT2D eigenvalue weighted by molar-refractivity contribution is 7.85. The van der Waals surface area contributed by atoms with Crippen molar-refractivity contribution in [2.24, 2.45) is 5.92 Å². The summed E-state index contributed by atoms with van der Waals surface area (Å²) in [4.78, 5) is 4.22. The van der Waals surface area contributed by atoms with Gasteiger partial charge in [-0.3, -0.25) is 0 Å². The molecule has 7 heteroatoms. The summed E-state index contributed by atoms with van der Waals surface area (Å²) in [6.45, 7) is 6.35. The van der Waals surface area contributed by atoms with E-state index in [1.165, 1.54) is 6.26 Å². The van der Waals surface area contributed by atoms with Crippen LogP contribution < -0.4 is 9.46 Å². The van der Waals surface area contributed by atoms with E-state index < -0.39 is 16.9 Å². The predicted molar refractivity (Wildman–Crippen MR) is 100 cm³/mol. The lowest BCUT2D eigenvalue weighted by molar-refractivity contribution is -0.0410. The molecule has 4 nitrogen and oxygen atoms in total. The molecule has 0 bridgehead atoms. The molecule has 1 aromatic heterocycles. The van der Waals surface area contributed by atoms with Crippen LogP contribution in [0.3, 0.4) is 0 Å². The summed E-state index contributed by atoms with van der Waals surface area (Å²) in [5.41, 5.74) is 1.38. The summed E-state index contributed by atoms with van der Waals surface area (Å²) in [6.07, 6.45) is 7.75. The molecule has 1 aliphatic carbocycles. The fourth-order valence-electron chi connectivity index (χ4n) is 2.56. The number of alkyl halides is 2. The van der Waals surface area contributed by atoms with E-state index in [4.69, 9.17) is 4.74 Å². The van der Waals surface area contributed by atoms with Crippen molar-refractivity contribution >= 4 is 22.7 Å². The first-order chi connectivity index (χ1) is 11.9. The van der Waals surface area contributed by atoms with Crippen molar-refractivity contribution in [1.82, 2.24) is 4.98 Å². The second-order valence-electron chi connectivity index (χ2n) is 5.66. The Bertz CT molecular complexity index is 584. The zero-order valence-corrected chi connectivity index (χ0v) is 16.2. The summed E-state index contributed by atoms with van der Waals surface area (Å²) in [5, 5.41) is 0. The molecule has 1 saturated carbocycles. The van der Waals surface area contributed by atoms with Crippen molar-refractivity contribution in [3.05, 3.63) is 23.9 Å². The maximum atomic E-state index is 13.2. The summed E-state index contributed by atoms with van der Waals surface area (Å²) >= 11 is 0. The third-order valence-electron chi connectivity index (χ3n) is 3.73. The van der Waals surface area contributed by atoms with Gasteiger partial charge in [-0.15, -0.1) is 0 Å². The van der Waals surface area contributed by atoms with Gasteiger partial charge in [-0.2, -0.15) is 0 Å². The zero-order chi connectivity index (χ0) is 18.9. The summed E-state index contributed by atoms with van der Waals surface area (Å²) < 4.78 is 45.9. The molecule has 1 aromatic rings. The Morgan fingerprint density at radius 3 is 2.60 bits per heavy atom. The lowest BCUT2D eigenvalue weighted by atomic mass is 9.86. The summed E-state index contributed by atoms with van der Waals surface area (Å²) in [5.74, 6) is -1.89. The van der Waals surface area contributed by atoms with Crippen molar-refractivity contribution in [1.29, 1.82) is 0 Å².